The lowest BCUT2D eigenvalue weighted by molar-refractivity contribution is -0.116. The number of amides is 1. The first kappa shape index (κ1) is 30.6. The van der Waals surface area contributed by atoms with Gasteiger partial charge in [0, 0.05) is 32.3 Å². The molecule has 8 heteroatoms. The van der Waals surface area contributed by atoms with Gasteiger partial charge in [-0.3, -0.25) is 4.79 Å². The highest BCUT2D eigenvalue weighted by atomic mass is 32.2. The number of methoxy groups -OCH3 is 2. The first-order valence-electron chi connectivity index (χ1n) is 12.9. The molecule has 7 nitrogen and oxygen atoms in total. The van der Waals surface area contributed by atoms with Crippen molar-refractivity contribution in [2.45, 2.75) is 76.9 Å². The quantitative estimate of drug-likeness (QED) is 0.316. The van der Waals surface area contributed by atoms with Gasteiger partial charge in [-0.2, -0.15) is 0 Å². The number of ether oxygens (including phenoxy) is 2. The standard InChI is InChI=1S/C29H44N2O5S/c1-9-10-11-12-22(24-15-14-23(35-7)19-27(24)36-8)18-28(32)30-26-17-21(20-37(33,34)31(5)6)13-16-25(26)29(2,3)4/h13-17,19,22H,9-12,18,20H2,1-8H3,(H,30,32). The molecule has 0 fully saturated rings. The van der Waals surface area contributed by atoms with Crippen LogP contribution in [0.2, 0.25) is 0 Å². The molecule has 0 aliphatic heterocycles. The molecule has 0 saturated heterocycles. The van der Waals surface area contributed by atoms with Crippen LogP contribution in [0.5, 0.6) is 11.5 Å². The Morgan fingerprint density at radius 1 is 1.03 bits per heavy atom. The molecule has 0 aromatic heterocycles. The van der Waals surface area contributed by atoms with E-state index < -0.39 is 10.0 Å². The molecule has 2 rings (SSSR count). The fourth-order valence-corrected chi connectivity index (χ4v) is 5.23. The Balaban J connectivity index is 2.37. The molecule has 1 amide bonds. The van der Waals surface area contributed by atoms with E-state index in [4.69, 9.17) is 9.47 Å². The monoisotopic (exact) mass is 532 g/mol. The van der Waals surface area contributed by atoms with Gasteiger partial charge in [0.2, 0.25) is 15.9 Å². The number of anilines is 1. The van der Waals surface area contributed by atoms with Crippen molar-refractivity contribution < 1.29 is 22.7 Å². The third kappa shape index (κ3) is 8.75. The third-order valence-electron chi connectivity index (χ3n) is 6.54. The highest BCUT2D eigenvalue weighted by molar-refractivity contribution is 7.88. The Kier molecular flexibility index (Phi) is 11.0. The normalized spacial score (nSPS) is 12.9. The molecule has 0 radical (unpaired) electrons. The van der Waals surface area contributed by atoms with E-state index in [0.717, 1.165) is 36.8 Å². The van der Waals surface area contributed by atoms with Crippen molar-refractivity contribution in [2.24, 2.45) is 0 Å². The van der Waals surface area contributed by atoms with Crippen LogP contribution >= 0.6 is 0 Å². The summed E-state index contributed by atoms with van der Waals surface area (Å²) in [5.41, 5.74) is 2.99. The smallest absolute Gasteiger partial charge is 0.224 e. The first-order chi connectivity index (χ1) is 17.3. The first-order valence-corrected chi connectivity index (χ1v) is 14.5. The van der Waals surface area contributed by atoms with Crippen molar-refractivity contribution in [2.75, 3.05) is 33.6 Å². The van der Waals surface area contributed by atoms with Gasteiger partial charge in [-0.15, -0.1) is 0 Å². The summed E-state index contributed by atoms with van der Waals surface area (Å²) < 4.78 is 37.1. The minimum Gasteiger partial charge on any atom is -0.497 e. The number of hydrogen-bond donors (Lipinski definition) is 1. The highest BCUT2D eigenvalue weighted by Crippen LogP contribution is 2.37. The Bertz CT molecular complexity index is 1150. The van der Waals surface area contributed by atoms with Gasteiger partial charge < -0.3 is 14.8 Å². The van der Waals surface area contributed by atoms with Gasteiger partial charge in [-0.1, -0.05) is 65.2 Å². The van der Waals surface area contributed by atoms with Gasteiger partial charge in [0.1, 0.15) is 11.5 Å². The zero-order valence-corrected chi connectivity index (χ0v) is 24.5. The maximum absolute atomic E-state index is 13.4. The summed E-state index contributed by atoms with van der Waals surface area (Å²) in [5, 5.41) is 3.11. The van der Waals surface area contributed by atoms with Crippen molar-refractivity contribution >= 4 is 21.6 Å². The van der Waals surface area contributed by atoms with E-state index in [9.17, 15) is 13.2 Å². The lowest BCUT2D eigenvalue weighted by atomic mass is 9.85. The zero-order valence-electron chi connectivity index (χ0n) is 23.7. The van der Waals surface area contributed by atoms with Crippen LogP contribution < -0.4 is 14.8 Å². The van der Waals surface area contributed by atoms with Crippen molar-refractivity contribution in [3.8, 4) is 11.5 Å². The van der Waals surface area contributed by atoms with Gasteiger partial charge in [0.15, 0.2) is 0 Å². The number of carbonyl (C=O) groups excluding carboxylic acids is 1. The van der Waals surface area contributed by atoms with Gasteiger partial charge in [-0.25, -0.2) is 12.7 Å². The molecule has 1 N–H and O–H groups in total. The van der Waals surface area contributed by atoms with E-state index in [1.165, 1.54) is 18.4 Å². The summed E-state index contributed by atoms with van der Waals surface area (Å²) in [7, 11) is 2.86. The second-order valence-corrected chi connectivity index (χ2v) is 12.9. The van der Waals surface area contributed by atoms with Gasteiger partial charge >= 0.3 is 0 Å². The molecule has 2 aromatic rings. The van der Waals surface area contributed by atoms with E-state index in [0.29, 0.717) is 22.7 Å². The van der Waals surface area contributed by atoms with Crippen LogP contribution in [-0.2, 0) is 26.0 Å². The number of nitrogens with one attached hydrogen (secondary N) is 1. The van der Waals surface area contributed by atoms with E-state index in [2.05, 4.69) is 33.0 Å². The van der Waals surface area contributed by atoms with Crippen molar-refractivity contribution in [3.63, 3.8) is 0 Å². The van der Waals surface area contributed by atoms with Crippen molar-refractivity contribution in [1.82, 2.24) is 4.31 Å². The van der Waals surface area contributed by atoms with Gasteiger partial charge in [0.25, 0.3) is 0 Å². The second-order valence-electron chi connectivity index (χ2n) is 10.7. The molecule has 0 aliphatic carbocycles. The summed E-state index contributed by atoms with van der Waals surface area (Å²) in [6.45, 7) is 8.38. The van der Waals surface area contributed by atoms with Crippen LogP contribution in [-0.4, -0.2) is 46.9 Å². The molecular weight excluding hydrogens is 488 g/mol. The van der Waals surface area contributed by atoms with Crippen molar-refractivity contribution in [3.05, 3.63) is 53.1 Å². The summed E-state index contributed by atoms with van der Waals surface area (Å²) in [6, 6.07) is 11.3. The van der Waals surface area contributed by atoms with Gasteiger partial charge in [0.05, 0.1) is 20.0 Å². The van der Waals surface area contributed by atoms with Crippen LogP contribution in [0.4, 0.5) is 5.69 Å². The number of nitrogens with zero attached hydrogens (tertiary/aromatic N) is 1. The summed E-state index contributed by atoms with van der Waals surface area (Å²) in [5.74, 6) is 1.15. The molecule has 0 heterocycles. The van der Waals surface area contributed by atoms with E-state index in [1.807, 2.05) is 30.3 Å². The molecule has 206 valence electrons. The van der Waals surface area contributed by atoms with Crippen LogP contribution in [0.1, 0.15) is 82.4 Å². The maximum atomic E-state index is 13.4. The number of rotatable bonds is 13. The topological polar surface area (TPSA) is 84.9 Å². The molecule has 1 unspecified atom stereocenters. The minimum atomic E-state index is -3.43. The lowest BCUT2D eigenvalue weighted by Crippen LogP contribution is -2.24. The van der Waals surface area contributed by atoms with Crippen LogP contribution in [0, 0.1) is 0 Å². The number of carbonyl (C=O) groups is 1. The Morgan fingerprint density at radius 3 is 2.30 bits per heavy atom. The maximum Gasteiger partial charge on any atom is 0.224 e. The molecule has 0 bridgehead atoms. The third-order valence-corrected chi connectivity index (χ3v) is 8.35. The van der Waals surface area contributed by atoms with Gasteiger partial charge in [-0.05, 0) is 46.6 Å². The lowest BCUT2D eigenvalue weighted by Gasteiger charge is -2.25. The predicted molar refractivity (Wildman–Crippen MR) is 151 cm³/mol. The Labute approximate surface area is 223 Å². The molecule has 2 aromatic carbocycles. The molecule has 0 spiro atoms. The Morgan fingerprint density at radius 2 is 1.73 bits per heavy atom. The zero-order chi connectivity index (χ0) is 27.8. The van der Waals surface area contributed by atoms with Crippen LogP contribution in [0.15, 0.2) is 36.4 Å². The molecular formula is C29H44N2O5S. The number of unbranched alkanes of at least 4 members (excludes halogenated alkanes) is 2. The number of sulfonamides is 1. The average molecular weight is 533 g/mol. The summed E-state index contributed by atoms with van der Waals surface area (Å²) >= 11 is 0. The second kappa shape index (κ2) is 13.3. The molecule has 0 saturated carbocycles. The fourth-order valence-electron chi connectivity index (χ4n) is 4.37. The molecule has 0 aliphatic rings. The average Bonchev–Trinajstić information content (AvgIpc) is 2.82. The molecule has 1 atom stereocenters. The van der Waals surface area contributed by atoms with E-state index >= 15 is 0 Å². The number of hydrogen-bond acceptors (Lipinski definition) is 5. The van der Waals surface area contributed by atoms with Crippen LogP contribution in [0.3, 0.4) is 0 Å². The summed E-state index contributed by atoms with van der Waals surface area (Å²) in [6.07, 6.45) is 4.34. The van der Waals surface area contributed by atoms with Crippen LogP contribution in [0.25, 0.3) is 0 Å². The fraction of sp³-hybridized carbons (Fsp3) is 0.552. The Hall–Kier alpha value is -2.58. The predicted octanol–water partition coefficient (Wildman–Crippen LogP) is 6.09. The summed E-state index contributed by atoms with van der Waals surface area (Å²) in [4.78, 5) is 13.4. The highest BCUT2D eigenvalue weighted by Gasteiger charge is 2.24. The van der Waals surface area contributed by atoms with E-state index in [1.54, 1.807) is 20.3 Å². The van der Waals surface area contributed by atoms with E-state index in [-0.39, 0.29) is 29.4 Å². The largest absolute Gasteiger partial charge is 0.497 e. The SMILES string of the molecule is CCCCCC(CC(=O)Nc1cc(CS(=O)(=O)N(C)C)ccc1C(C)(C)C)c1ccc(OC)cc1OC. The minimum absolute atomic E-state index is 0.0252. The molecule has 37 heavy (non-hydrogen) atoms. The number of benzene rings is 2. The van der Waals surface area contributed by atoms with Crippen molar-refractivity contribution in [1.29, 1.82) is 0 Å².